The molecule has 0 spiro atoms. The lowest BCUT2D eigenvalue weighted by Gasteiger charge is -2.46. The number of likely N-dealkylation sites (tertiary alicyclic amines) is 1. The van der Waals surface area contributed by atoms with Crippen LogP contribution < -0.4 is 0 Å². The quantitative estimate of drug-likeness (QED) is 0.453. The van der Waals surface area contributed by atoms with Crippen molar-refractivity contribution in [3.05, 3.63) is 11.6 Å². The lowest BCUT2D eigenvalue weighted by Crippen LogP contribution is -2.68. The lowest BCUT2D eigenvalue weighted by molar-refractivity contribution is -0.247. The maximum atomic E-state index is 12.3. The first-order chi connectivity index (χ1) is 9.88. The fourth-order valence-electron chi connectivity index (χ4n) is 1.98. The van der Waals surface area contributed by atoms with Crippen molar-refractivity contribution < 1.29 is 23.8 Å². The molecule has 1 aliphatic heterocycles. The number of hydrogen-bond acceptors (Lipinski definition) is 5. The third-order valence-corrected chi connectivity index (χ3v) is 3.09. The highest BCUT2D eigenvalue weighted by atomic mass is 16.7. The van der Waals surface area contributed by atoms with Gasteiger partial charge in [0, 0.05) is 7.11 Å². The van der Waals surface area contributed by atoms with Crippen LogP contribution in [0.5, 0.6) is 0 Å². The third kappa shape index (κ3) is 4.55. The topological polar surface area (TPSA) is 65.1 Å². The molecular weight excluding hydrogens is 286 g/mol. The predicted molar refractivity (Wildman–Crippen MR) is 82.3 cm³/mol. The number of allylic oxidation sites excluding steroid dienone is 1. The molecule has 0 N–H and O–H groups in total. The molecule has 0 aromatic carbocycles. The van der Waals surface area contributed by atoms with E-state index in [1.807, 2.05) is 19.9 Å². The first-order valence-electron chi connectivity index (χ1n) is 7.32. The van der Waals surface area contributed by atoms with E-state index in [1.165, 1.54) is 7.11 Å². The average Bonchev–Trinajstić information content (AvgIpc) is 2.33. The van der Waals surface area contributed by atoms with Crippen LogP contribution in [0.25, 0.3) is 0 Å². The van der Waals surface area contributed by atoms with E-state index < -0.39 is 35.5 Å². The summed E-state index contributed by atoms with van der Waals surface area (Å²) in [4.78, 5) is 25.6. The van der Waals surface area contributed by atoms with Crippen LogP contribution in [0.2, 0.25) is 0 Å². The molecular formula is C16H27NO5. The van der Waals surface area contributed by atoms with E-state index >= 15 is 0 Å². The summed E-state index contributed by atoms with van der Waals surface area (Å²) < 4.78 is 16.2. The fraction of sp³-hybridized carbons (Fsp3) is 0.750. The van der Waals surface area contributed by atoms with Crippen LogP contribution >= 0.6 is 0 Å². The maximum Gasteiger partial charge on any atom is 0.417 e. The standard InChI is InChI=1S/C16H27NO5/c1-10(2)9-11-12(21-16(6,7)20-8)13(18)17(11)14(19)22-15(3,4)5/h9,11-12H,1-8H3/t11-,12+/m0/s1. The summed E-state index contributed by atoms with van der Waals surface area (Å²) in [5, 5.41) is 0. The minimum atomic E-state index is -0.909. The molecule has 1 fully saturated rings. The van der Waals surface area contributed by atoms with Gasteiger partial charge in [-0.25, -0.2) is 9.69 Å². The summed E-state index contributed by atoms with van der Waals surface area (Å²) in [6, 6.07) is -0.484. The highest BCUT2D eigenvalue weighted by Crippen LogP contribution is 2.31. The molecule has 0 saturated carbocycles. The molecule has 0 radical (unpaired) electrons. The molecule has 1 saturated heterocycles. The molecule has 126 valence electrons. The highest BCUT2D eigenvalue weighted by Gasteiger charge is 2.53. The fourth-order valence-corrected chi connectivity index (χ4v) is 1.98. The number of methoxy groups -OCH3 is 1. The summed E-state index contributed by atoms with van der Waals surface area (Å²) in [6.07, 6.45) is 0.411. The van der Waals surface area contributed by atoms with Gasteiger partial charge in [-0.3, -0.25) is 4.79 Å². The van der Waals surface area contributed by atoms with E-state index in [-0.39, 0.29) is 0 Å². The van der Waals surface area contributed by atoms with Crippen molar-refractivity contribution in [1.29, 1.82) is 0 Å². The van der Waals surface area contributed by atoms with Crippen LogP contribution in [0, 0.1) is 0 Å². The van der Waals surface area contributed by atoms with Gasteiger partial charge in [-0.2, -0.15) is 0 Å². The summed E-state index contributed by atoms with van der Waals surface area (Å²) in [6.45, 7) is 12.5. The van der Waals surface area contributed by atoms with Crippen LogP contribution in [-0.2, 0) is 19.0 Å². The zero-order valence-electron chi connectivity index (χ0n) is 14.7. The molecule has 2 atom stereocenters. The van der Waals surface area contributed by atoms with Crippen LogP contribution in [-0.4, -0.2) is 47.5 Å². The highest BCUT2D eigenvalue weighted by molar-refractivity contribution is 6.01. The molecule has 0 aromatic heterocycles. The van der Waals surface area contributed by atoms with Gasteiger partial charge < -0.3 is 14.2 Å². The van der Waals surface area contributed by atoms with Gasteiger partial charge in [-0.05, 0) is 48.5 Å². The summed E-state index contributed by atoms with van der Waals surface area (Å²) in [5.74, 6) is -1.32. The number of ether oxygens (including phenoxy) is 3. The normalized spacial score (nSPS) is 22.2. The van der Waals surface area contributed by atoms with Crippen molar-refractivity contribution in [3.8, 4) is 0 Å². The minimum absolute atomic E-state index is 0.415. The van der Waals surface area contributed by atoms with Gasteiger partial charge in [0.15, 0.2) is 11.9 Å². The van der Waals surface area contributed by atoms with Gasteiger partial charge >= 0.3 is 6.09 Å². The maximum absolute atomic E-state index is 12.3. The second-order valence-electron chi connectivity index (χ2n) is 7.07. The van der Waals surface area contributed by atoms with E-state index in [4.69, 9.17) is 14.2 Å². The van der Waals surface area contributed by atoms with E-state index in [0.29, 0.717) is 0 Å². The number of amides is 2. The van der Waals surface area contributed by atoms with E-state index in [1.54, 1.807) is 34.6 Å². The zero-order valence-corrected chi connectivity index (χ0v) is 14.7. The third-order valence-electron chi connectivity index (χ3n) is 3.09. The van der Waals surface area contributed by atoms with E-state index in [9.17, 15) is 9.59 Å². The van der Waals surface area contributed by atoms with Gasteiger partial charge in [0.25, 0.3) is 5.91 Å². The van der Waals surface area contributed by atoms with Crippen LogP contribution in [0.15, 0.2) is 11.6 Å². The molecule has 0 bridgehead atoms. The Morgan fingerprint density at radius 3 is 2.14 bits per heavy atom. The summed E-state index contributed by atoms with van der Waals surface area (Å²) >= 11 is 0. The minimum Gasteiger partial charge on any atom is -0.443 e. The van der Waals surface area contributed by atoms with Gasteiger partial charge in [-0.1, -0.05) is 11.6 Å². The predicted octanol–water partition coefficient (Wildman–Crippen LogP) is 2.87. The Morgan fingerprint density at radius 1 is 1.18 bits per heavy atom. The molecule has 2 amide bonds. The van der Waals surface area contributed by atoms with Gasteiger partial charge in [0.2, 0.25) is 0 Å². The van der Waals surface area contributed by atoms with Crippen molar-refractivity contribution >= 4 is 12.0 Å². The molecule has 1 heterocycles. The Hall–Kier alpha value is -1.40. The smallest absolute Gasteiger partial charge is 0.417 e. The molecule has 1 aliphatic rings. The molecule has 6 heteroatoms. The SMILES string of the molecule is COC(C)(C)O[C@H]1C(=O)N(C(=O)OC(C)(C)C)[C@H]1C=C(C)C. The van der Waals surface area contributed by atoms with Crippen molar-refractivity contribution in [3.63, 3.8) is 0 Å². The molecule has 0 unspecified atom stereocenters. The van der Waals surface area contributed by atoms with Crippen molar-refractivity contribution in [2.75, 3.05) is 7.11 Å². The Balaban J connectivity index is 2.94. The molecule has 1 rings (SSSR count). The Kier molecular flexibility index (Phi) is 5.41. The van der Waals surface area contributed by atoms with E-state index in [2.05, 4.69) is 0 Å². The number of β-lactam (4-membered cyclic amide) rings is 1. The number of hydrogen-bond donors (Lipinski definition) is 0. The van der Waals surface area contributed by atoms with Crippen LogP contribution in [0.3, 0.4) is 0 Å². The summed E-state index contributed by atoms with van der Waals surface area (Å²) in [5.41, 5.74) is 0.319. The van der Waals surface area contributed by atoms with Crippen molar-refractivity contribution in [1.82, 2.24) is 4.90 Å². The monoisotopic (exact) mass is 313 g/mol. The number of imide groups is 1. The zero-order chi connectivity index (χ0) is 17.3. The van der Waals surface area contributed by atoms with Gasteiger partial charge in [0.05, 0.1) is 6.04 Å². The Bertz CT molecular complexity index is 471. The largest absolute Gasteiger partial charge is 0.443 e. The van der Waals surface area contributed by atoms with E-state index in [0.717, 1.165) is 10.5 Å². The molecule has 0 aliphatic carbocycles. The van der Waals surface area contributed by atoms with Crippen LogP contribution in [0.4, 0.5) is 4.79 Å². The number of nitrogens with zero attached hydrogens (tertiary/aromatic N) is 1. The van der Waals surface area contributed by atoms with Crippen molar-refractivity contribution in [2.45, 2.75) is 72.0 Å². The summed E-state index contributed by atoms with van der Waals surface area (Å²) in [7, 11) is 1.50. The number of carbonyl (C=O) groups is 2. The Morgan fingerprint density at radius 2 is 1.73 bits per heavy atom. The first-order valence-corrected chi connectivity index (χ1v) is 7.32. The Labute approximate surface area is 132 Å². The first kappa shape index (κ1) is 18.6. The van der Waals surface area contributed by atoms with Gasteiger partial charge in [-0.15, -0.1) is 0 Å². The average molecular weight is 313 g/mol. The number of carbonyl (C=O) groups excluding carboxylic acids is 2. The second-order valence-corrected chi connectivity index (χ2v) is 7.07. The van der Waals surface area contributed by atoms with Gasteiger partial charge in [0.1, 0.15) is 5.60 Å². The lowest BCUT2D eigenvalue weighted by atomic mass is 9.96. The second kappa shape index (κ2) is 6.38. The number of rotatable bonds is 4. The van der Waals surface area contributed by atoms with Crippen molar-refractivity contribution in [2.24, 2.45) is 0 Å². The molecule has 0 aromatic rings. The van der Waals surface area contributed by atoms with Crippen LogP contribution in [0.1, 0.15) is 48.5 Å². The molecule has 6 nitrogen and oxygen atoms in total. The molecule has 22 heavy (non-hydrogen) atoms.